The van der Waals surface area contributed by atoms with Gasteiger partial charge in [0.15, 0.2) is 39.9 Å². The maximum Gasteiger partial charge on any atom is 0.167 e. The third-order valence-electron chi connectivity index (χ3n) is 23.4. The normalized spacial score (nSPS) is 18.3. The molecular weight excluding hydrogens is 1880 g/mol. The summed E-state index contributed by atoms with van der Waals surface area (Å²) in [6.07, 6.45) is 16.3. The SMILES string of the molecule is C=C1NCCOc2ccc(F)c(Cl)c2CN(C(C)C)c2ccn3ncc1c3n2.C=C1NC[C@@H](CO)Oc2ccc(F)c(Cl)c2[C@@H](C)Nc2ccn3ncc1c3n2.C=C1NC[C@H](C)Oc2ccc(F)c(Cl)c2CN(C(C)C)c2ccn3ncc1c3n2.C=C1NC[C@H](C)Oc2ccc(F)c(Cl)c2[C@@H](C)Nc2ccn3ncc1c3n2.C=C1NC[C@H](C)Oc2ccc(F)c(F)c2[C@@H](C)Nc2ccn3ncc1c3n2. The second-order valence-corrected chi connectivity index (χ2v) is 35.6. The van der Waals surface area contributed by atoms with Gasteiger partial charge in [-0.3, -0.25) is 0 Å². The van der Waals surface area contributed by atoms with E-state index in [1.54, 1.807) is 115 Å². The molecule has 0 spiro atoms. The number of benzene rings is 5. The van der Waals surface area contributed by atoms with Crippen molar-refractivity contribution in [1.82, 2.24) is 99.6 Å². The Morgan fingerprint density at radius 3 is 1.07 bits per heavy atom. The first kappa shape index (κ1) is 97.7. The van der Waals surface area contributed by atoms with E-state index in [9.17, 15) is 31.4 Å². The van der Waals surface area contributed by atoms with Crippen LogP contribution < -0.4 is 76.0 Å². The first-order chi connectivity index (χ1) is 66.6. The lowest BCUT2D eigenvalue weighted by atomic mass is 10.1. The second-order valence-electron chi connectivity index (χ2n) is 34.1. The summed E-state index contributed by atoms with van der Waals surface area (Å²) in [6.45, 7) is 42.9. The third kappa shape index (κ3) is 21.2. The van der Waals surface area contributed by atoms with Crippen molar-refractivity contribution in [3.8, 4) is 28.7 Å². The predicted octanol–water partition coefficient (Wildman–Crippen LogP) is 18.7. The second kappa shape index (κ2) is 41.9. The Balaban J connectivity index is 0.000000125. The monoisotopic (exact) mass is 1980 g/mol. The van der Waals surface area contributed by atoms with E-state index >= 15 is 0 Å². The number of aliphatic hydroxyl groups excluding tert-OH is 1. The van der Waals surface area contributed by atoms with Crippen LogP contribution in [0.15, 0.2) is 186 Å². The molecular formula is C98H101Cl4F6N25O6. The third-order valence-corrected chi connectivity index (χ3v) is 25.0. The Labute approximate surface area is 815 Å². The number of hydrogen-bond acceptors (Lipinski definition) is 26. The number of halogens is 10. The van der Waals surface area contributed by atoms with Gasteiger partial charge in [-0.05, 0) is 160 Å². The van der Waals surface area contributed by atoms with Gasteiger partial charge in [0.25, 0.3) is 0 Å². The fourth-order valence-electron chi connectivity index (χ4n) is 16.1. The van der Waals surface area contributed by atoms with E-state index < -0.39 is 53.1 Å². The molecule has 0 unspecified atom stereocenters. The highest BCUT2D eigenvalue weighted by molar-refractivity contribution is 6.33. The maximum absolute atomic E-state index is 14.6. The minimum Gasteiger partial charge on any atom is -0.491 e. The molecule has 15 heterocycles. The van der Waals surface area contributed by atoms with Crippen LogP contribution in [-0.2, 0) is 13.1 Å². The van der Waals surface area contributed by atoms with E-state index in [1.165, 1.54) is 36.4 Å². The van der Waals surface area contributed by atoms with Crippen molar-refractivity contribution >= 4 is 132 Å². The molecule has 0 radical (unpaired) electrons. The number of rotatable bonds is 3. The lowest BCUT2D eigenvalue weighted by Gasteiger charge is -2.29. The first-order valence-corrected chi connectivity index (χ1v) is 46.1. The van der Waals surface area contributed by atoms with Gasteiger partial charge in [-0.25, -0.2) is 73.8 Å². The Kier molecular flexibility index (Phi) is 29.4. The number of fused-ring (bicyclic) bond motifs is 10. The zero-order valence-electron chi connectivity index (χ0n) is 77.4. The molecule has 9 N–H and O–H groups in total. The molecule has 0 saturated carbocycles. The van der Waals surface area contributed by atoms with Crippen LogP contribution in [0.3, 0.4) is 0 Å². The molecule has 0 amide bonds. The Morgan fingerprint density at radius 1 is 0.374 bits per heavy atom. The van der Waals surface area contributed by atoms with Crippen molar-refractivity contribution in [3.05, 3.63) is 296 Å². The van der Waals surface area contributed by atoms with Gasteiger partial charge in [-0.1, -0.05) is 79.3 Å². The van der Waals surface area contributed by atoms with Crippen LogP contribution in [-0.4, -0.2) is 161 Å². The number of aromatic nitrogens is 15. The topological polar surface area (TPSA) is 320 Å². The fourth-order valence-corrected chi connectivity index (χ4v) is 17.1. The number of nitrogens with zero attached hydrogens (tertiary/aromatic N) is 17. The van der Waals surface area contributed by atoms with Crippen LogP contribution >= 0.6 is 46.4 Å². The van der Waals surface area contributed by atoms with Crippen LogP contribution in [0.25, 0.3) is 56.7 Å². The molecule has 10 bridgehead atoms. The summed E-state index contributed by atoms with van der Waals surface area (Å²) in [6, 6.07) is 22.0. The van der Waals surface area contributed by atoms with Gasteiger partial charge in [0.05, 0.1) is 135 Å². The molecule has 5 aliphatic heterocycles. The summed E-state index contributed by atoms with van der Waals surface area (Å²) >= 11 is 25.2. The van der Waals surface area contributed by atoms with E-state index in [0.717, 1.165) is 51.2 Å². The highest BCUT2D eigenvalue weighted by Crippen LogP contribution is 2.42. The molecule has 10 aromatic heterocycles. The smallest absolute Gasteiger partial charge is 0.167 e. The van der Waals surface area contributed by atoms with Gasteiger partial charge < -0.3 is 81.1 Å². The molecule has 5 aliphatic rings. The highest BCUT2D eigenvalue weighted by Gasteiger charge is 2.31. The van der Waals surface area contributed by atoms with Crippen molar-refractivity contribution in [2.24, 2.45) is 0 Å². The highest BCUT2D eigenvalue weighted by atomic mass is 35.5. The average molecular weight is 1980 g/mol. The van der Waals surface area contributed by atoms with Gasteiger partial charge in [-0.15, -0.1) is 0 Å². The molecule has 139 heavy (non-hydrogen) atoms. The summed E-state index contributed by atoms with van der Waals surface area (Å²) in [4.78, 5) is 27.5. The molecule has 20 rings (SSSR count). The molecule has 15 aromatic rings. The van der Waals surface area contributed by atoms with Crippen LogP contribution in [0.4, 0.5) is 55.4 Å². The number of anilines is 5. The molecule has 31 nitrogen and oxygen atoms in total. The number of nitrogens with one attached hydrogen (secondary N) is 8. The van der Waals surface area contributed by atoms with E-state index in [2.05, 4.69) is 153 Å². The summed E-state index contributed by atoms with van der Waals surface area (Å²) in [5.41, 5.74) is 12.9. The van der Waals surface area contributed by atoms with Gasteiger partial charge in [0.2, 0.25) is 0 Å². The summed E-state index contributed by atoms with van der Waals surface area (Å²) < 4.78 is 123. The fraction of sp³-hybridized carbons (Fsp3) is 0.286. The van der Waals surface area contributed by atoms with E-state index in [-0.39, 0.29) is 81.0 Å². The summed E-state index contributed by atoms with van der Waals surface area (Å²) in [5.74, 6) is 1.67. The van der Waals surface area contributed by atoms with Gasteiger partial charge in [0, 0.05) is 113 Å². The van der Waals surface area contributed by atoms with Crippen molar-refractivity contribution in [2.75, 3.05) is 71.7 Å². The summed E-state index contributed by atoms with van der Waals surface area (Å²) in [7, 11) is 0. The molecule has 7 atom stereocenters. The minimum atomic E-state index is -0.932. The number of aliphatic hydroxyl groups is 1. The van der Waals surface area contributed by atoms with Crippen molar-refractivity contribution in [3.63, 3.8) is 0 Å². The van der Waals surface area contributed by atoms with Crippen molar-refractivity contribution in [2.45, 2.75) is 137 Å². The lowest BCUT2D eigenvalue weighted by molar-refractivity contribution is 0.116. The van der Waals surface area contributed by atoms with E-state index in [0.29, 0.717) is 160 Å². The molecule has 41 heteroatoms. The molecule has 5 aromatic carbocycles. The van der Waals surface area contributed by atoms with Crippen LogP contribution in [0, 0.1) is 34.9 Å². The van der Waals surface area contributed by atoms with Crippen LogP contribution in [0.2, 0.25) is 20.1 Å². The van der Waals surface area contributed by atoms with Crippen LogP contribution in [0.5, 0.6) is 28.7 Å². The molecule has 0 aliphatic carbocycles. The zero-order valence-corrected chi connectivity index (χ0v) is 80.4. The maximum atomic E-state index is 14.6. The Hall–Kier alpha value is -14.4. The first-order valence-electron chi connectivity index (χ1n) is 44.6. The standard InChI is InChI=1S/C21H23ClFN5O.C20H21ClFN5O.C19H19ClFN5O2.C19H19ClFN5O.C19H19F2N5O/c1-12(2)27-11-16-18(6-5-17(23)20(16)22)29-13(3)9-24-14(4)15-10-25-28-8-7-19(27)26-21(15)28;1-12(2)26-11-15-17(5-4-16(22)19(15)21)28-9-7-23-13(3)14-10-24-27-8-6-18(26)25-20(14)27;1-10-13-8-23-26-6-5-16(25-19(13)26)24-11(2)17-15(4-3-14(21)18(17)20)28-12(9-27)7-22-10;1-10-8-22-11(2)13-9-23-26-7-6-16(25-19(13)26)24-12(3)17-15(27-10)5-4-14(21)18(17)20;1-10-8-22-11(2)13-9-23-26-7-6-16(25-19(13)26)24-12(3)17-15(27-10)5-4-14(20)18(17)21/h5-8,10,12-13,24H,4,9,11H2,1-3H3;4-6,8,10,12,23H,3,7,9,11H2,1-2H3;3-6,8,11-12,22,27H,1,7,9H2,2H3,(H,24,25);2*4-7,9-10,12,22H,2,8H2,1,3H3,(H,24,25)/t13-;;11-,12+;2*10-,12+/m0.100/s1. The average Bonchev–Trinajstić information content (AvgIpc) is 1.69. The van der Waals surface area contributed by atoms with Gasteiger partial charge >= 0.3 is 0 Å². The van der Waals surface area contributed by atoms with Crippen molar-refractivity contribution < 1.29 is 55.1 Å². The van der Waals surface area contributed by atoms with Gasteiger partial charge in [0.1, 0.15) is 112 Å². The molecule has 0 saturated heterocycles. The largest absolute Gasteiger partial charge is 0.491 e. The number of ether oxygens (including phenoxy) is 5. The molecule has 724 valence electrons. The molecule has 0 fully saturated rings. The van der Waals surface area contributed by atoms with E-state index in [4.69, 9.17) is 80.1 Å². The zero-order chi connectivity index (χ0) is 98.6. The summed E-state index contributed by atoms with van der Waals surface area (Å²) in [5, 5.41) is 57.2. The van der Waals surface area contributed by atoms with Crippen LogP contribution in [0.1, 0.15) is 143 Å². The predicted molar refractivity (Wildman–Crippen MR) is 528 cm³/mol. The number of hydrogen-bond donors (Lipinski definition) is 9. The van der Waals surface area contributed by atoms with Crippen molar-refractivity contribution in [1.29, 1.82) is 0 Å². The van der Waals surface area contributed by atoms with Gasteiger partial charge in [-0.2, -0.15) is 25.5 Å². The van der Waals surface area contributed by atoms with E-state index in [1.807, 2.05) is 59.1 Å². The Bertz CT molecular complexity index is 7030. The quantitative estimate of drug-likeness (QED) is 0.0742. The minimum absolute atomic E-state index is 0.0347. The Morgan fingerprint density at radius 2 is 0.683 bits per heavy atom. The lowest BCUT2D eigenvalue weighted by Crippen LogP contribution is -2.33.